The first kappa shape index (κ1) is 17.7. The van der Waals surface area contributed by atoms with Gasteiger partial charge in [0, 0.05) is 5.56 Å². The first-order valence-corrected chi connectivity index (χ1v) is 6.67. The maximum atomic E-state index is 14.0. The fraction of sp³-hybridized carbons (Fsp3) is 0.286. The Morgan fingerprint density at radius 2 is 2.00 bits per heavy atom. The first-order chi connectivity index (χ1) is 11.1. The van der Waals surface area contributed by atoms with Gasteiger partial charge in [0.15, 0.2) is 0 Å². The number of nitrogen functional groups attached to an aromatic ring is 1. The summed E-state index contributed by atoms with van der Waals surface area (Å²) in [6.45, 7) is 0.263. The molecule has 2 aromatic rings. The van der Waals surface area contributed by atoms with E-state index in [9.17, 15) is 26.7 Å². The Balaban J connectivity index is 2.50. The molecule has 24 heavy (non-hydrogen) atoms. The van der Waals surface area contributed by atoms with E-state index in [4.69, 9.17) is 11.5 Å². The minimum Gasteiger partial charge on any atom is -0.383 e. The van der Waals surface area contributed by atoms with E-state index in [1.807, 2.05) is 0 Å². The summed E-state index contributed by atoms with van der Waals surface area (Å²) in [4.78, 5) is 11.3. The zero-order valence-corrected chi connectivity index (χ0v) is 12.4. The number of carbonyl (C=O) groups excluding carboxylic acids is 1. The quantitative estimate of drug-likeness (QED) is 0.833. The third-order valence-electron chi connectivity index (χ3n) is 3.54. The predicted octanol–water partition coefficient (Wildman–Crippen LogP) is 2.80. The molecule has 0 radical (unpaired) electrons. The third-order valence-corrected chi connectivity index (χ3v) is 3.54. The molecule has 2 rings (SSSR count). The van der Waals surface area contributed by atoms with Crippen molar-refractivity contribution in [1.29, 1.82) is 0 Å². The van der Waals surface area contributed by atoms with Crippen LogP contribution in [0, 0.1) is 5.82 Å². The van der Waals surface area contributed by atoms with Crippen LogP contribution in [0.5, 0.6) is 0 Å². The highest BCUT2D eigenvalue weighted by molar-refractivity contribution is 5.98. The summed E-state index contributed by atoms with van der Waals surface area (Å²) >= 11 is 0. The molecule has 0 bridgehead atoms. The number of hydrogen-bond acceptors (Lipinski definition) is 3. The minimum atomic E-state index is -4.69. The van der Waals surface area contributed by atoms with Crippen molar-refractivity contribution in [2.24, 2.45) is 5.73 Å². The predicted molar refractivity (Wildman–Crippen MR) is 75.2 cm³/mol. The number of nitrogens with zero attached hydrogens (tertiary/aromatic N) is 2. The molecule has 1 heterocycles. The Hall–Kier alpha value is -2.65. The summed E-state index contributed by atoms with van der Waals surface area (Å²) in [6.07, 6.45) is -4.69. The van der Waals surface area contributed by atoms with Gasteiger partial charge in [-0.2, -0.15) is 18.3 Å². The topological polar surface area (TPSA) is 86.9 Å². The highest BCUT2D eigenvalue weighted by atomic mass is 19.4. The molecule has 0 aliphatic heterocycles. The van der Waals surface area contributed by atoms with Crippen LogP contribution in [-0.2, 0) is 12.9 Å². The van der Waals surface area contributed by atoms with E-state index in [1.54, 1.807) is 0 Å². The number of carbonyl (C=O) groups is 1. The number of nitrogens with two attached hydrogens (primary N) is 2. The van der Waals surface area contributed by atoms with Crippen LogP contribution >= 0.6 is 0 Å². The number of primary amides is 1. The summed E-state index contributed by atoms with van der Waals surface area (Å²) < 4.78 is 65.7. The smallest absolute Gasteiger partial charge is 0.383 e. The van der Waals surface area contributed by atoms with Gasteiger partial charge in [-0.05, 0) is 19.1 Å². The molecule has 4 N–H and O–H groups in total. The highest BCUT2D eigenvalue weighted by Gasteiger charge is 2.32. The fourth-order valence-electron chi connectivity index (χ4n) is 2.33. The molecule has 0 spiro atoms. The van der Waals surface area contributed by atoms with Crippen molar-refractivity contribution in [2.45, 2.75) is 25.8 Å². The summed E-state index contributed by atoms with van der Waals surface area (Å²) in [5.74, 6) is -2.43. The summed E-state index contributed by atoms with van der Waals surface area (Å²) in [5.41, 5.74) is 8.84. The van der Waals surface area contributed by atoms with Crippen LogP contribution in [0.25, 0.3) is 0 Å². The molecule has 0 saturated heterocycles. The van der Waals surface area contributed by atoms with Crippen LogP contribution in [-0.4, -0.2) is 15.7 Å². The number of rotatable bonds is 4. The summed E-state index contributed by atoms with van der Waals surface area (Å²) in [5, 5.41) is 3.77. The standard InChI is InChI=1S/C14H13F5N4O/c1-6(8-3-2-7(4-9(8)16)14(17,18)19)23-12(20)11(13(21)24)10(5-15)22-23/h2-4,6H,5,20H2,1H3,(H2,21,24). The van der Waals surface area contributed by atoms with Gasteiger partial charge in [-0.3, -0.25) is 4.79 Å². The lowest BCUT2D eigenvalue weighted by atomic mass is 10.0. The lowest BCUT2D eigenvalue weighted by Crippen LogP contribution is -2.17. The Kier molecular flexibility index (Phi) is 4.50. The molecule has 0 saturated carbocycles. The molecule has 0 fully saturated rings. The average Bonchev–Trinajstić information content (AvgIpc) is 2.82. The molecule has 5 nitrogen and oxygen atoms in total. The zero-order chi connectivity index (χ0) is 18.2. The van der Waals surface area contributed by atoms with Crippen molar-refractivity contribution in [3.05, 3.63) is 46.4 Å². The maximum Gasteiger partial charge on any atom is 0.416 e. The zero-order valence-electron chi connectivity index (χ0n) is 12.4. The third kappa shape index (κ3) is 3.03. The van der Waals surface area contributed by atoms with Crippen molar-refractivity contribution >= 4 is 11.7 Å². The molecule has 0 aliphatic rings. The maximum absolute atomic E-state index is 14.0. The van der Waals surface area contributed by atoms with Crippen LogP contribution in [0.3, 0.4) is 0 Å². The van der Waals surface area contributed by atoms with Crippen molar-refractivity contribution in [1.82, 2.24) is 9.78 Å². The van der Waals surface area contributed by atoms with Gasteiger partial charge >= 0.3 is 6.18 Å². The van der Waals surface area contributed by atoms with Crippen LogP contribution in [0.2, 0.25) is 0 Å². The van der Waals surface area contributed by atoms with E-state index >= 15 is 0 Å². The number of anilines is 1. The number of alkyl halides is 4. The SMILES string of the molecule is CC(c1ccc(C(F)(F)F)cc1F)n1nc(CF)c(C(N)=O)c1N. The van der Waals surface area contributed by atoms with E-state index in [0.717, 1.165) is 10.7 Å². The van der Waals surface area contributed by atoms with Gasteiger partial charge in [0.1, 0.15) is 29.6 Å². The Labute approximate surface area is 133 Å². The minimum absolute atomic E-state index is 0.154. The van der Waals surface area contributed by atoms with Gasteiger partial charge < -0.3 is 11.5 Å². The second-order valence-corrected chi connectivity index (χ2v) is 5.06. The molecule has 1 atom stereocenters. The monoisotopic (exact) mass is 348 g/mol. The molecule has 0 aliphatic carbocycles. The lowest BCUT2D eigenvalue weighted by molar-refractivity contribution is -0.137. The normalized spacial score (nSPS) is 13.1. The van der Waals surface area contributed by atoms with Crippen molar-refractivity contribution < 1.29 is 26.7 Å². The molecule has 130 valence electrons. The Bertz CT molecular complexity index is 784. The van der Waals surface area contributed by atoms with Gasteiger partial charge in [0.05, 0.1) is 11.6 Å². The summed E-state index contributed by atoms with van der Waals surface area (Å²) in [7, 11) is 0. The number of hydrogen-bond donors (Lipinski definition) is 2. The van der Waals surface area contributed by atoms with E-state index in [0.29, 0.717) is 12.1 Å². The number of aromatic nitrogens is 2. The van der Waals surface area contributed by atoms with Crippen LogP contribution in [0.1, 0.15) is 40.1 Å². The number of amides is 1. The molecular formula is C14H13F5N4O. The average molecular weight is 348 g/mol. The van der Waals surface area contributed by atoms with E-state index in [-0.39, 0.29) is 22.6 Å². The lowest BCUT2D eigenvalue weighted by Gasteiger charge is -2.16. The van der Waals surface area contributed by atoms with Gasteiger partial charge in [0.25, 0.3) is 5.91 Å². The fourth-order valence-corrected chi connectivity index (χ4v) is 2.33. The van der Waals surface area contributed by atoms with Crippen molar-refractivity contribution in [3.8, 4) is 0 Å². The van der Waals surface area contributed by atoms with Gasteiger partial charge in [0.2, 0.25) is 0 Å². The second kappa shape index (κ2) is 6.10. The largest absolute Gasteiger partial charge is 0.416 e. The molecule has 1 amide bonds. The van der Waals surface area contributed by atoms with Crippen LogP contribution in [0.15, 0.2) is 18.2 Å². The van der Waals surface area contributed by atoms with Crippen molar-refractivity contribution in [2.75, 3.05) is 5.73 Å². The van der Waals surface area contributed by atoms with E-state index < -0.39 is 36.2 Å². The van der Waals surface area contributed by atoms with Crippen LogP contribution in [0.4, 0.5) is 27.8 Å². The van der Waals surface area contributed by atoms with E-state index in [2.05, 4.69) is 5.10 Å². The second-order valence-electron chi connectivity index (χ2n) is 5.06. The summed E-state index contributed by atoms with van der Waals surface area (Å²) in [6, 6.07) is 1.00. The Morgan fingerprint density at radius 3 is 2.42 bits per heavy atom. The molecular weight excluding hydrogens is 335 g/mol. The van der Waals surface area contributed by atoms with E-state index in [1.165, 1.54) is 6.92 Å². The molecule has 1 unspecified atom stereocenters. The Morgan fingerprint density at radius 1 is 1.38 bits per heavy atom. The highest BCUT2D eigenvalue weighted by Crippen LogP contribution is 2.33. The van der Waals surface area contributed by atoms with Gasteiger partial charge in [-0.25, -0.2) is 13.5 Å². The van der Waals surface area contributed by atoms with Crippen LogP contribution < -0.4 is 11.5 Å². The number of halogens is 5. The van der Waals surface area contributed by atoms with Gasteiger partial charge in [-0.1, -0.05) is 6.07 Å². The molecule has 1 aromatic heterocycles. The first-order valence-electron chi connectivity index (χ1n) is 6.67. The molecule has 1 aromatic carbocycles. The van der Waals surface area contributed by atoms with Crippen molar-refractivity contribution in [3.63, 3.8) is 0 Å². The number of benzene rings is 1. The van der Waals surface area contributed by atoms with Gasteiger partial charge in [-0.15, -0.1) is 0 Å². The molecule has 10 heteroatoms.